The van der Waals surface area contributed by atoms with Crippen molar-refractivity contribution in [3.05, 3.63) is 0 Å². The predicted octanol–water partition coefficient (Wildman–Crippen LogP) is 1.01. The van der Waals surface area contributed by atoms with Crippen LogP contribution in [-0.2, 0) is 10.0 Å². The number of sulfonamides is 1. The molecule has 0 amide bonds. The lowest BCUT2D eigenvalue weighted by molar-refractivity contribution is 0.312. The zero-order chi connectivity index (χ0) is 15.7. The molecule has 1 rings (SSSR count). The number of hydrogen-bond acceptors (Lipinski definition) is 5. The van der Waals surface area contributed by atoms with Gasteiger partial charge in [-0.15, -0.1) is 0 Å². The lowest BCUT2D eigenvalue weighted by atomic mass is 9.87. The highest BCUT2D eigenvalue weighted by atomic mass is 32.2. The first kappa shape index (κ1) is 18.4. The van der Waals surface area contributed by atoms with Gasteiger partial charge in [0.1, 0.15) is 0 Å². The minimum Gasteiger partial charge on any atom is -0.309 e. The van der Waals surface area contributed by atoms with Crippen molar-refractivity contribution in [2.24, 2.45) is 11.0 Å². The summed E-state index contributed by atoms with van der Waals surface area (Å²) in [6.45, 7) is 1.08. The maximum atomic E-state index is 11.5. The summed E-state index contributed by atoms with van der Waals surface area (Å²) in [6.07, 6.45) is 7.95. The molecule has 0 aromatic rings. The molecule has 0 aromatic heterocycles. The van der Waals surface area contributed by atoms with Crippen molar-refractivity contribution in [2.75, 3.05) is 33.4 Å². The van der Waals surface area contributed by atoms with E-state index in [9.17, 15) is 8.42 Å². The molecule has 1 aliphatic rings. The van der Waals surface area contributed by atoms with Crippen LogP contribution < -0.4 is 10.1 Å². The van der Waals surface area contributed by atoms with Crippen LogP contribution in [0.4, 0.5) is 0 Å². The second-order valence-electron chi connectivity index (χ2n) is 6.09. The summed E-state index contributed by atoms with van der Waals surface area (Å²) >= 11 is 0. The second-order valence-corrected chi connectivity index (χ2v) is 8.06. The van der Waals surface area contributed by atoms with Gasteiger partial charge in [0.2, 0.25) is 10.0 Å². The van der Waals surface area contributed by atoms with Crippen molar-refractivity contribution < 1.29 is 8.42 Å². The summed E-state index contributed by atoms with van der Waals surface area (Å²) in [5.74, 6) is 0.536. The number of hydrazone groups is 1. The molecule has 0 bridgehead atoms. The van der Waals surface area contributed by atoms with Crippen molar-refractivity contribution in [3.63, 3.8) is 0 Å². The van der Waals surface area contributed by atoms with Gasteiger partial charge in [-0.2, -0.15) is 5.10 Å². The third-order valence-corrected chi connectivity index (χ3v) is 5.43. The Bertz CT molecular complexity index is 401. The third kappa shape index (κ3) is 8.38. The van der Waals surface area contributed by atoms with Gasteiger partial charge in [-0.3, -0.25) is 0 Å². The molecule has 1 fully saturated rings. The van der Waals surface area contributed by atoms with Gasteiger partial charge < -0.3 is 10.3 Å². The molecule has 7 heteroatoms. The zero-order valence-corrected chi connectivity index (χ0v) is 14.3. The van der Waals surface area contributed by atoms with E-state index in [0.29, 0.717) is 6.04 Å². The lowest BCUT2D eigenvalue weighted by Crippen LogP contribution is -2.34. The first-order valence-electron chi connectivity index (χ1n) is 7.76. The SMILES string of the molecule is CNS(=O)(=O)CC1CCC(N/N=C/CCCN(C)C)CC1. The van der Waals surface area contributed by atoms with Gasteiger partial charge >= 0.3 is 0 Å². The highest BCUT2D eigenvalue weighted by Gasteiger charge is 2.24. The summed E-state index contributed by atoms with van der Waals surface area (Å²) in [7, 11) is 2.55. The summed E-state index contributed by atoms with van der Waals surface area (Å²) in [6, 6.07) is 0.392. The number of nitrogens with one attached hydrogen (secondary N) is 2. The van der Waals surface area contributed by atoms with E-state index >= 15 is 0 Å². The number of rotatable bonds is 9. The Hall–Kier alpha value is -0.660. The first-order chi connectivity index (χ1) is 9.93. The average molecular weight is 318 g/mol. The monoisotopic (exact) mass is 318 g/mol. The van der Waals surface area contributed by atoms with Crippen LogP contribution in [0.25, 0.3) is 0 Å². The Balaban J connectivity index is 2.14. The topological polar surface area (TPSA) is 73.8 Å². The van der Waals surface area contributed by atoms with Crippen LogP contribution >= 0.6 is 0 Å². The van der Waals surface area contributed by atoms with Crippen LogP contribution in [-0.4, -0.2) is 59.0 Å². The van der Waals surface area contributed by atoms with Gasteiger partial charge in [0, 0.05) is 12.3 Å². The molecule has 6 nitrogen and oxygen atoms in total. The molecule has 0 saturated heterocycles. The minimum atomic E-state index is -3.07. The maximum Gasteiger partial charge on any atom is 0.211 e. The van der Waals surface area contributed by atoms with E-state index in [1.165, 1.54) is 7.05 Å². The summed E-state index contributed by atoms with van der Waals surface area (Å²) in [5.41, 5.74) is 3.20. The highest BCUT2D eigenvalue weighted by Crippen LogP contribution is 2.25. The van der Waals surface area contributed by atoms with E-state index in [2.05, 4.69) is 34.2 Å². The molecule has 0 spiro atoms. The Morgan fingerprint density at radius 2 is 1.90 bits per heavy atom. The fourth-order valence-electron chi connectivity index (χ4n) is 2.57. The van der Waals surface area contributed by atoms with E-state index < -0.39 is 10.0 Å². The Morgan fingerprint density at radius 3 is 2.48 bits per heavy atom. The van der Waals surface area contributed by atoms with E-state index in [4.69, 9.17) is 0 Å². The molecule has 21 heavy (non-hydrogen) atoms. The van der Waals surface area contributed by atoms with Crippen LogP contribution in [0.2, 0.25) is 0 Å². The standard InChI is InChI=1S/C14H30N4O2S/c1-15-21(19,20)12-13-6-8-14(9-7-13)17-16-10-4-5-11-18(2)3/h10,13-15,17H,4-9,11-12H2,1-3H3/b16-10+. The Kier molecular flexibility index (Phi) is 8.21. The normalized spacial score (nSPS) is 23.8. The van der Waals surface area contributed by atoms with Gasteiger partial charge in [-0.25, -0.2) is 13.1 Å². The smallest absolute Gasteiger partial charge is 0.211 e. The predicted molar refractivity (Wildman–Crippen MR) is 88.0 cm³/mol. The highest BCUT2D eigenvalue weighted by molar-refractivity contribution is 7.89. The molecule has 0 radical (unpaired) electrons. The van der Waals surface area contributed by atoms with Crippen molar-refractivity contribution in [1.82, 2.24) is 15.0 Å². The van der Waals surface area contributed by atoms with Gasteiger partial charge in [0.25, 0.3) is 0 Å². The molecule has 1 saturated carbocycles. The van der Waals surface area contributed by atoms with Crippen molar-refractivity contribution in [1.29, 1.82) is 0 Å². The van der Waals surface area contributed by atoms with Gasteiger partial charge in [-0.05, 0) is 72.1 Å². The van der Waals surface area contributed by atoms with Crippen molar-refractivity contribution in [2.45, 2.75) is 44.6 Å². The van der Waals surface area contributed by atoms with Crippen LogP contribution in [0, 0.1) is 5.92 Å². The summed E-state index contributed by atoms with van der Waals surface area (Å²) in [4.78, 5) is 2.17. The average Bonchev–Trinajstić information content (AvgIpc) is 2.44. The van der Waals surface area contributed by atoms with E-state index in [-0.39, 0.29) is 11.7 Å². The van der Waals surface area contributed by atoms with Gasteiger partial charge in [0.05, 0.1) is 5.75 Å². The van der Waals surface area contributed by atoms with Crippen LogP contribution in [0.15, 0.2) is 5.10 Å². The summed E-state index contributed by atoms with van der Waals surface area (Å²) < 4.78 is 25.4. The minimum absolute atomic E-state index is 0.254. The zero-order valence-electron chi connectivity index (χ0n) is 13.5. The molecule has 1 aliphatic carbocycles. The molecule has 2 N–H and O–H groups in total. The quantitative estimate of drug-likeness (QED) is 0.378. The molecular weight excluding hydrogens is 288 g/mol. The van der Waals surface area contributed by atoms with Gasteiger partial charge in [0.15, 0.2) is 0 Å². The van der Waals surface area contributed by atoms with E-state index in [0.717, 1.165) is 45.1 Å². The Morgan fingerprint density at radius 1 is 1.24 bits per heavy atom. The van der Waals surface area contributed by atoms with Gasteiger partial charge in [-0.1, -0.05) is 0 Å². The van der Waals surface area contributed by atoms with Crippen LogP contribution in [0.3, 0.4) is 0 Å². The maximum absolute atomic E-state index is 11.5. The molecule has 0 atom stereocenters. The fourth-order valence-corrected chi connectivity index (χ4v) is 3.69. The first-order valence-corrected chi connectivity index (χ1v) is 9.41. The molecule has 0 aromatic carbocycles. The molecule has 124 valence electrons. The largest absolute Gasteiger partial charge is 0.309 e. The number of nitrogens with zero attached hydrogens (tertiary/aromatic N) is 2. The lowest BCUT2D eigenvalue weighted by Gasteiger charge is -2.27. The fraction of sp³-hybridized carbons (Fsp3) is 0.929. The van der Waals surface area contributed by atoms with Crippen molar-refractivity contribution in [3.8, 4) is 0 Å². The molecular formula is C14H30N4O2S. The summed E-state index contributed by atoms with van der Waals surface area (Å²) in [5, 5.41) is 4.28. The molecule has 0 aliphatic heterocycles. The number of unbranched alkanes of at least 4 members (excludes halogenated alkanes) is 1. The second kappa shape index (κ2) is 9.38. The van der Waals surface area contributed by atoms with E-state index in [1.807, 2.05) is 6.21 Å². The van der Waals surface area contributed by atoms with Crippen LogP contribution in [0.5, 0.6) is 0 Å². The molecule has 0 heterocycles. The van der Waals surface area contributed by atoms with Crippen molar-refractivity contribution >= 4 is 16.2 Å². The van der Waals surface area contributed by atoms with E-state index in [1.54, 1.807) is 0 Å². The Labute approximate surface area is 129 Å². The number of hydrogen-bond donors (Lipinski definition) is 2. The third-order valence-electron chi connectivity index (χ3n) is 3.90. The van der Waals surface area contributed by atoms with Crippen LogP contribution in [0.1, 0.15) is 38.5 Å². The molecule has 0 unspecified atom stereocenters.